The van der Waals surface area contributed by atoms with E-state index in [1.807, 2.05) is 30.3 Å². The molecule has 1 aliphatic rings. The summed E-state index contributed by atoms with van der Waals surface area (Å²) in [6, 6.07) is 13.1. The van der Waals surface area contributed by atoms with Crippen molar-refractivity contribution in [2.75, 3.05) is 10.6 Å². The van der Waals surface area contributed by atoms with E-state index < -0.39 is 0 Å². The number of carbonyl (C=O) groups is 2. The van der Waals surface area contributed by atoms with Gasteiger partial charge in [0.25, 0.3) is 5.91 Å². The average molecular weight is 406 g/mol. The number of amides is 2. The molecule has 0 aliphatic carbocycles. The highest BCUT2D eigenvalue weighted by atomic mass is 127. The number of halogens is 1. The van der Waals surface area contributed by atoms with Gasteiger partial charge in [-0.05, 0) is 83.5 Å². The van der Waals surface area contributed by atoms with Crippen molar-refractivity contribution < 1.29 is 9.59 Å². The van der Waals surface area contributed by atoms with Crippen molar-refractivity contribution >= 4 is 45.8 Å². The minimum absolute atomic E-state index is 0.0369. The van der Waals surface area contributed by atoms with E-state index in [0.717, 1.165) is 33.4 Å². The van der Waals surface area contributed by atoms with Gasteiger partial charge in [0, 0.05) is 26.9 Å². The van der Waals surface area contributed by atoms with E-state index in [2.05, 4.69) is 33.2 Å². The Morgan fingerprint density at radius 1 is 1.09 bits per heavy atom. The van der Waals surface area contributed by atoms with Crippen LogP contribution in [0, 0.1) is 3.57 Å². The van der Waals surface area contributed by atoms with Gasteiger partial charge in [-0.15, -0.1) is 0 Å². The third-order valence-corrected chi connectivity index (χ3v) is 4.31. The van der Waals surface area contributed by atoms with Gasteiger partial charge < -0.3 is 10.6 Å². The zero-order valence-electron chi connectivity index (χ0n) is 11.9. The van der Waals surface area contributed by atoms with E-state index in [4.69, 9.17) is 0 Å². The van der Waals surface area contributed by atoms with Gasteiger partial charge in [-0.3, -0.25) is 9.59 Å². The lowest BCUT2D eigenvalue weighted by Gasteiger charge is -2.10. The summed E-state index contributed by atoms with van der Waals surface area (Å²) in [5, 5.41) is 5.76. The zero-order valence-corrected chi connectivity index (χ0v) is 14.0. The standard InChI is InChI=1S/C17H15IN2O2/c18-13-5-7-14(8-6-13)19-17(22)12-4-9-15-11(10-12)2-1-3-16(21)20-15/h4-10H,1-3H2,(H,19,22)(H,20,21). The molecule has 2 aromatic rings. The van der Waals surface area contributed by atoms with Gasteiger partial charge in [-0.25, -0.2) is 0 Å². The largest absolute Gasteiger partial charge is 0.326 e. The molecule has 0 radical (unpaired) electrons. The number of anilines is 2. The third-order valence-electron chi connectivity index (χ3n) is 3.59. The Bertz CT molecular complexity index is 726. The summed E-state index contributed by atoms with van der Waals surface area (Å²) < 4.78 is 1.12. The maximum atomic E-state index is 12.3. The van der Waals surface area contributed by atoms with Gasteiger partial charge in [-0.1, -0.05) is 0 Å². The summed E-state index contributed by atoms with van der Waals surface area (Å²) in [6.45, 7) is 0. The topological polar surface area (TPSA) is 58.2 Å². The maximum Gasteiger partial charge on any atom is 0.255 e. The molecule has 0 unspecified atom stereocenters. The van der Waals surface area contributed by atoms with Crippen LogP contribution in [0.5, 0.6) is 0 Å². The molecule has 1 heterocycles. The molecule has 3 rings (SSSR count). The van der Waals surface area contributed by atoms with Gasteiger partial charge in [0.15, 0.2) is 0 Å². The summed E-state index contributed by atoms with van der Waals surface area (Å²) in [4.78, 5) is 23.9. The molecule has 5 heteroatoms. The summed E-state index contributed by atoms with van der Waals surface area (Å²) in [7, 11) is 0. The van der Waals surface area contributed by atoms with E-state index >= 15 is 0 Å². The fraction of sp³-hybridized carbons (Fsp3) is 0.176. The second-order valence-corrected chi connectivity index (χ2v) is 6.48. The number of aryl methyl sites for hydroxylation is 1. The van der Waals surface area contributed by atoms with Crippen molar-refractivity contribution in [1.82, 2.24) is 0 Å². The van der Waals surface area contributed by atoms with Crippen LogP contribution < -0.4 is 10.6 Å². The molecule has 0 atom stereocenters. The first-order valence-electron chi connectivity index (χ1n) is 7.11. The summed E-state index contributed by atoms with van der Waals surface area (Å²) in [6.07, 6.45) is 2.14. The quantitative estimate of drug-likeness (QED) is 0.746. The Hall–Kier alpha value is -1.89. The molecule has 0 fully saturated rings. The first kappa shape index (κ1) is 15.0. The van der Waals surface area contributed by atoms with Crippen molar-refractivity contribution in [3.8, 4) is 0 Å². The van der Waals surface area contributed by atoms with Crippen LogP contribution in [0.2, 0.25) is 0 Å². The SMILES string of the molecule is O=C1CCCc2cc(C(=O)Nc3ccc(I)cc3)ccc2N1. The highest BCUT2D eigenvalue weighted by Gasteiger charge is 2.15. The van der Waals surface area contributed by atoms with Crippen molar-refractivity contribution in [2.24, 2.45) is 0 Å². The minimum atomic E-state index is -0.139. The Morgan fingerprint density at radius 2 is 1.86 bits per heavy atom. The molecule has 4 nitrogen and oxygen atoms in total. The molecule has 2 aromatic carbocycles. The van der Waals surface area contributed by atoms with Crippen molar-refractivity contribution in [3.05, 3.63) is 57.2 Å². The van der Waals surface area contributed by atoms with E-state index in [0.29, 0.717) is 12.0 Å². The molecule has 0 saturated carbocycles. The fourth-order valence-electron chi connectivity index (χ4n) is 2.45. The number of fused-ring (bicyclic) bond motifs is 1. The van der Waals surface area contributed by atoms with Gasteiger partial charge in [-0.2, -0.15) is 0 Å². The van der Waals surface area contributed by atoms with Crippen molar-refractivity contribution in [1.29, 1.82) is 0 Å². The molecule has 2 N–H and O–H groups in total. The molecule has 0 saturated heterocycles. The summed E-state index contributed by atoms with van der Waals surface area (Å²) in [5.74, 6) is -0.102. The lowest BCUT2D eigenvalue weighted by Crippen LogP contribution is -2.13. The number of hydrogen-bond donors (Lipinski definition) is 2. The number of rotatable bonds is 2. The van der Waals surface area contributed by atoms with Crippen LogP contribution in [0.25, 0.3) is 0 Å². The highest BCUT2D eigenvalue weighted by molar-refractivity contribution is 14.1. The molecular formula is C17H15IN2O2. The lowest BCUT2D eigenvalue weighted by atomic mass is 10.0. The molecular weight excluding hydrogens is 391 g/mol. The minimum Gasteiger partial charge on any atom is -0.326 e. The van der Waals surface area contributed by atoms with Gasteiger partial charge in [0.2, 0.25) is 5.91 Å². The fourth-order valence-corrected chi connectivity index (χ4v) is 2.81. The smallest absolute Gasteiger partial charge is 0.255 e. The van der Waals surface area contributed by atoms with Crippen LogP contribution in [0.4, 0.5) is 11.4 Å². The number of nitrogens with one attached hydrogen (secondary N) is 2. The van der Waals surface area contributed by atoms with Crippen LogP contribution >= 0.6 is 22.6 Å². The molecule has 1 aliphatic heterocycles. The van der Waals surface area contributed by atoms with Gasteiger partial charge in [0.1, 0.15) is 0 Å². The number of hydrogen-bond acceptors (Lipinski definition) is 2. The first-order valence-corrected chi connectivity index (χ1v) is 8.19. The predicted octanol–water partition coefficient (Wildman–Crippen LogP) is 3.82. The Balaban J connectivity index is 1.80. The Morgan fingerprint density at radius 3 is 2.64 bits per heavy atom. The monoisotopic (exact) mass is 406 g/mol. The second-order valence-electron chi connectivity index (χ2n) is 5.23. The molecule has 0 bridgehead atoms. The van der Waals surface area contributed by atoms with Crippen molar-refractivity contribution in [3.63, 3.8) is 0 Å². The second kappa shape index (κ2) is 6.48. The molecule has 22 heavy (non-hydrogen) atoms. The Labute approximate surface area is 142 Å². The van der Waals surface area contributed by atoms with E-state index in [-0.39, 0.29) is 11.8 Å². The zero-order chi connectivity index (χ0) is 15.5. The van der Waals surface area contributed by atoms with Gasteiger partial charge in [0.05, 0.1) is 0 Å². The van der Waals surface area contributed by atoms with Crippen LogP contribution in [-0.4, -0.2) is 11.8 Å². The summed E-state index contributed by atoms with van der Waals surface area (Å²) in [5.41, 5.74) is 3.21. The van der Waals surface area contributed by atoms with Crippen LogP contribution in [-0.2, 0) is 11.2 Å². The van der Waals surface area contributed by atoms with E-state index in [1.165, 1.54) is 0 Å². The normalized spacial score (nSPS) is 13.8. The molecule has 0 spiro atoms. The maximum absolute atomic E-state index is 12.3. The van der Waals surface area contributed by atoms with Crippen molar-refractivity contribution in [2.45, 2.75) is 19.3 Å². The van der Waals surface area contributed by atoms with Gasteiger partial charge >= 0.3 is 0 Å². The number of carbonyl (C=O) groups excluding carboxylic acids is 2. The van der Waals surface area contributed by atoms with Crippen LogP contribution in [0.1, 0.15) is 28.8 Å². The Kier molecular flexibility index (Phi) is 4.42. The van der Waals surface area contributed by atoms with Crippen LogP contribution in [0.15, 0.2) is 42.5 Å². The molecule has 2 amide bonds. The van der Waals surface area contributed by atoms with Crippen LogP contribution in [0.3, 0.4) is 0 Å². The number of benzene rings is 2. The molecule has 112 valence electrons. The average Bonchev–Trinajstić information content (AvgIpc) is 2.69. The third kappa shape index (κ3) is 3.47. The van der Waals surface area contributed by atoms with E-state index in [1.54, 1.807) is 12.1 Å². The summed E-state index contributed by atoms with van der Waals surface area (Å²) >= 11 is 2.22. The lowest BCUT2D eigenvalue weighted by molar-refractivity contribution is -0.116. The van der Waals surface area contributed by atoms with E-state index in [9.17, 15) is 9.59 Å². The predicted molar refractivity (Wildman–Crippen MR) is 95.1 cm³/mol. The molecule has 0 aromatic heterocycles. The highest BCUT2D eigenvalue weighted by Crippen LogP contribution is 2.23. The first-order chi connectivity index (χ1) is 10.6.